The number of benzene rings is 2. The van der Waals surface area contributed by atoms with E-state index in [2.05, 4.69) is 18.0 Å². The molecule has 0 atom stereocenters. The molecule has 2 aromatic carbocycles. The number of rotatable bonds is 0. The molecule has 2 heterocycles. The molecule has 0 unspecified atom stereocenters. The van der Waals surface area contributed by atoms with Gasteiger partial charge in [-0.2, -0.15) is 0 Å². The van der Waals surface area contributed by atoms with Crippen LogP contribution in [0.2, 0.25) is 0 Å². The van der Waals surface area contributed by atoms with Crippen LogP contribution in [0.3, 0.4) is 0 Å². The normalized spacial score (nSPS) is 17.1. The number of nitrogens with zero attached hydrogens (tertiary/aromatic N) is 1. The first kappa shape index (κ1) is 11.6. The minimum atomic E-state index is 0.278. The number of hydrogen-bond donors (Lipinski definition) is 1. The maximum atomic E-state index is 9.79. The van der Waals surface area contributed by atoms with Crippen LogP contribution in [0.4, 0.5) is 0 Å². The van der Waals surface area contributed by atoms with E-state index in [1.165, 1.54) is 11.1 Å². The van der Waals surface area contributed by atoms with Crippen molar-refractivity contribution in [1.29, 1.82) is 0 Å². The van der Waals surface area contributed by atoms with E-state index in [9.17, 15) is 5.11 Å². The van der Waals surface area contributed by atoms with Crippen molar-refractivity contribution < 1.29 is 9.84 Å². The zero-order chi connectivity index (χ0) is 13.7. The lowest BCUT2D eigenvalue weighted by molar-refractivity contribution is 0.436. The van der Waals surface area contributed by atoms with Gasteiger partial charge in [0.1, 0.15) is 17.2 Å². The number of aromatic hydroxyl groups is 1. The van der Waals surface area contributed by atoms with Gasteiger partial charge < -0.3 is 9.84 Å². The number of fused-ring (bicyclic) bond motifs is 4. The van der Waals surface area contributed by atoms with Gasteiger partial charge in [0, 0.05) is 24.2 Å². The SMILES string of the molecule is CN1CC2=C(C1)c1cc(O)ccc1Oc1ccccc12. The summed E-state index contributed by atoms with van der Waals surface area (Å²) in [5, 5.41) is 9.79. The van der Waals surface area contributed by atoms with Crippen molar-refractivity contribution in [3.8, 4) is 17.2 Å². The minimum absolute atomic E-state index is 0.278. The Hall–Kier alpha value is -2.26. The molecule has 0 fully saturated rings. The van der Waals surface area contributed by atoms with Gasteiger partial charge in [-0.25, -0.2) is 0 Å². The standard InChI is InChI=1S/C17H15NO2/c1-18-9-14-12-4-2-3-5-16(12)20-17-7-6-11(19)8-13(17)15(14)10-18/h2-8,19H,9-10H2,1H3. The smallest absolute Gasteiger partial charge is 0.135 e. The molecule has 0 spiro atoms. The van der Waals surface area contributed by atoms with Crippen molar-refractivity contribution in [3.63, 3.8) is 0 Å². The molecule has 2 aromatic rings. The Balaban J connectivity index is 2.02. The Morgan fingerprint density at radius 2 is 1.65 bits per heavy atom. The Kier molecular flexibility index (Phi) is 2.38. The molecule has 100 valence electrons. The average Bonchev–Trinajstić information content (AvgIpc) is 2.78. The highest BCUT2D eigenvalue weighted by Crippen LogP contribution is 2.45. The van der Waals surface area contributed by atoms with E-state index in [0.717, 1.165) is 35.7 Å². The first-order chi connectivity index (χ1) is 9.72. The quantitative estimate of drug-likeness (QED) is 0.793. The van der Waals surface area contributed by atoms with Crippen LogP contribution in [0.5, 0.6) is 17.2 Å². The van der Waals surface area contributed by atoms with Gasteiger partial charge in [-0.05, 0) is 42.5 Å². The first-order valence-corrected chi connectivity index (χ1v) is 6.73. The third kappa shape index (κ3) is 1.63. The van der Waals surface area contributed by atoms with Gasteiger partial charge in [0.2, 0.25) is 0 Å². The van der Waals surface area contributed by atoms with Gasteiger partial charge in [-0.3, -0.25) is 4.90 Å². The first-order valence-electron chi connectivity index (χ1n) is 6.73. The molecule has 0 bridgehead atoms. The van der Waals surface area contributed by atoms with Gasteiger partial charge in [0.05, 0.1) is 0 Å². The summed E-state index contributed by atoms with van der Waals surface area (Å²) in [5.74, 6) is 1.98. The molecule has 0 saturated heterocycles. The second-order valence-corrected chi connectivity index (χ2v) is 5.41. The molecule has 3 heteroatoms. The van der Waals surface area contributed by atoms with Crippen molar-refractivity contribution in [2.75, 3.05) is 20.1 Å². The summed E-state index contributed by atoms with van der Waals surface area (Å²) in [6.45, 7) is 1.79. The van der Waals surface area contributed by atoms with E-state index >= 15 is 0 Å². The predicted molar refractivity (Wildman–Crippen MR) is 78.9 cm³/mol. The largest absolute Gasteiger partial charge is 0.508 e. The summed E-state index contributed by atoms with van der Waals surface area (Å²) >= 11 is 0. The molecular weight excluding hydrogens is 250 g/mol. The van der Waals surface area contributed by atoms with Crippen molar-refractivity contribution in [3.05, 3.63) is 53.6 Å². The van der Waals surface area contributed by atoms with Crippen LogP contribution >= 0.6 is 0 Å². The van der Waals surface area contributed by atoms with Crippen LogP contribution < -0.4 is 4.74 Å². The third-order valence-corrected chi connectivity index (χ3v) is 3.94. The summed E-state index contributed by atoms with van der Waals surface area (Å²) in [5.41, 5.74) is 4.71. The number of hydrogen-bond acceptors (Lipinski definition) is 3. The van der Waals surface area contributed by atoms with E-state index in [0.29, 0.717) is 0 Å². The Morgan fingerprint density at radius 3 is 2.50 bits per heavy atom. The fraction of sp³-hybridized carbons (Fsp3) is 0.176. The third-order valence-electron chi connectivity index (χ3n) is 3.94. The van der Waals surface area contributed by atoms with Gasteiger partial charge >= 0.3 is 0 Å². The zero-order valence-electron chi connectivity index (χ0n) is 11.3. The summed E-state index contributed by atoms with van der Waals surface area (Å²) in [6, 6.07) is 13.5. The topological polar surface area (TPSA) is 32.7 Å². The molecular formula is C17H15NO2. The van der Waals surface area contributed by atoms with Crippen LogP contribution in [-0.4, -0.2) is 30.1 Å². The maximum absolute atomic E-state index is 9.79. The Labute approximate surface area is 117 Å². The van der Waals surface area contributed by atoms with Crippen LogP contribution in [0.25, 0.3) is 11.1 Å². The highest BCUT2D eigenvalue weighted by Gasteiger charge is 2.28. The van der Waals surface area contributed by atoms with Crippen LogP contribution in [0, 0.1) is 0 Å². The number of phenols is 1. The fourth-order valence-electron chi connectivity index (χ4n) is 3.05. The van der Waals surface area contributed by atoms with Crippen molar-refractivity contribution in [2.24, 2.45) is 0 Å². The molecule has 0 aromatic heterocycles. The van der Waals surface area contributed by atoms with Crippen molar-refractivity contribution in [2.45, 2.75) is 0 Å². The van der Waals surface area contributed by atoms with Crippen molar-refractivity contribution >= 4 is 11.1 Å². The predicted octanol–water partition coefficient (Wildman–Crippen LogP) is 3.35. The molecule has 0 aliphatic carbocycles. The second kappa shape index (κ2) is 4.12. The monoisotopic (exact) mass is 265 g/mol. The molecule has 2 aliphatic heterocycles. The number of para-hydroxylation sites is 1. The summed E-state index contributed by atoms with van der Waals surface area (Å²) in [4.78, 5) is 2.28. The molecule has 0 saturated carbocycles. The summed E-state index contributed by atoms with van der Waals surface area (Å²) < 4.78 is 6.06. The molecule has 20 heavy (non-hydrogen) atoms. The lowest BCUT2D eigenvalue weighted by atomic mass is 9.97. The number of phenolic OH excluding ortho intramolecular Hbond substituents is 1. The fourth-order valence-corrected chi connectivity index (χ4v) is 3.05. The second-order valence-electron chi connectivity index (χ2n) is 5.41. The summed E-state index contributed by atoms with van der Waals surface area (Å²) in [7, 11) is 2.11. The van der Waals surface area contributed by atoms with E-state index in [-0.39, 0.29) is 5.75 Å². The average molecular weight is 265 g/mol. The Morgan fingerprint density at radius 1 is 0.950 bits per heavy atom. The van der Waals surface area contributed by atoms with Gasteiger partial charge in [0.15, 0.2) is 0 Å². The summed E-state index contributed by atoms with van der Waals surface area (Å²) in [6.07, 6.45) is 0. The highest BCUT2D eigenvalue weighted by molar-refractivity contribution is 5.98. The Bertz CT molecular complexity index is 734. The van der Waals surface area contributed by atoms with E-state index in [1.54, 1.807) is 12.1 Å². The number of likely N-dealkylation sites (N-methyl/N-ethyl adjacent to an activating group) is 1. The minimum Gasteiger partial charge on any atom is -0.508 e. The maximum Gasteiger partial charge on any atom is 0.135 e. The molecule has 0 radical (unpaired) electrons. The van der Waals surface area contributed by atoms with Crippen LogP contribution in [0.1, 0.15) is 11.1 Å². The van der Waals surface area contributed by atoms with E-state index in [1.807, 2.05) is 24.3 Å². The van der Waals surface area contributed by atoms with Gasteiger partial charge in [-0.15, -0.1) is 0 Å². The zero-order valence-corrected chi connectivity index (χ0v) is 11.3. The molecule has 0 amide bonds. The highest BCUT2D eigenvalue weighted by atomic mass is 16.5. The van der Waals surface area contributed by atoms with Gasteiger partial charge in [0.25, 0.3) is 0 Å². The molecule has 4 rings (SSSR count). The number of ether oxygens (including phenoxy) is 1. The van der Waals surface area contributed by atoms with Crippen LogP contribution in [0.15, 0.2) is 42.5 Å². The van der Waals surface area contributed by atoms with E-state index < -0.39 is 0 Å². The lowest BCUT2D eigenvalue weighted by Gasteiger charge is -2.14. The van der Waals surface area contributed by atoms with E-state index in [4.69, 9.17) is 4.74 Å². The van der Waals surface area contributed by atoms with Crippen molar-refractivity contribution in [1.82, 2.24) is 4.90 Å². The molecule has 3 nitrogen and oxygen atoms in total. The van der Waals surface area contributed by atoms with Gasteiger partial charge in [-0.1, -0.05) is 18.2 Å². The molecule has 1 N–H and O–H groups in total. The van der Waals surface area contributed by atoms with Crippen LogP contribution in [-0.2, 0) is 0 Å². The molecule has 2 aliphatic rings. The lowest BCUT2D eigenvalue weighted by Crippen LogP contribution is -2.15.